The Morgan fingerprint density at radius 1 is 0.342 bits per heavy atom. The molecule has 0 unspecified atom stereocenters. The first-order valence-electron chi connectivity index (χ1n) is 9.39. The maximum absolute atomic E-state index is 10.7. The maximum Gasteiger partial charge on any atom is 0.341 e. The van der Waals surface area contributed by atoms with Crippen molar-refractivity contribution in [1.29, 1.82) is 0 Å². The molecular weight excluding hydrogens is 536 g/mol. The van der Waals surface area contributed by atoms with E-state index >= 15 is 0 Å². The fraction of sp³-hybridized carbons (Fsp3) is 0.444. The number of carboxylic acid groups (broad SMARTS) is 6. The molecule has 0 rings (SSSR count). The van der Waals surface area contributed by atoms with E-state index < -0.39 is 99.0 Å². The van der Waals surface area contributed by atoms with Crippen LogP contribution < -0.4 is 0 Å². The van der Waals surface area contributed by atoms with Crippen molar-refractivity contribution in [2.75, 3.05) is 26.4 Å². The standard InChI is InChI=1S/2C7H8O8.C4H6O4/c2*8-4(9)2-14-6(12)1-7(13)15-3-5(10)11;5-3(6)1-2-4(7)8/h2*1-3H2,(H,8,9)(H,10,11);1-2H2,(H,5,6)(H,7,8). The lowest BCUT2D eigenvalue weighted by molar-refractivity contribution is -0.163. The Morgan fingerprint density at radius 3 is 0.658 bits per heavy atom. The SMILES string of the molecule is O=C(O)CCC(=O)O.O=C(O)COC(=O)CC(=O)OCC(=O)O.O=C(O)COC(=O)CC(=O)OCC(=O)O. The molecule has 0 aliphatic rings. The van der Waals surface area contributed by atoms with Gasteiger partial charge in [0.15, 0.2) is 26.4 Å². The van der Waals surface area contributed by atoms with Crippen LogP contribution in [-0.2, 0) is 66.9 Å². The summed E-state index contributed by atoms with van der Waals surface area (Å²) in [7, 11) is 0. The summed E-state index contributed by atoms with van der Waals surface area (Å²) in [4.78, 5) is 102. The summed E-state index contributed by atoms with van der Waals surface area (Å²) in [5.74, 6) is -11.9. The van der Waals surface area contributed by atoms with Crippen LogP contribution in [0.2, 0.25) is 0 Å². The molecule has 20 heteroatoms. The third-order valence-electron chi connectivity index (χ3n) is 2.56. The Labute approximate surface area is 210 Å². The van der Waals surface area contributed by atoms with E-state index in [1.165, 1.54) is 0 Å². The molecule has 0 amide bonds. The average Bonchev–Trinajstić information content (AvgIpc) is 2.78. The van der Waals surface area contributed by atoms with E-state index in [2.05, 4.69) is 18.9 Å². The van der Waals surface area contributed by atoms with Gasteiger partial charge in [0.25, 0.3) is 0 Å². The number of carbonyl (C=O) groups is 10. The quantitative estimate of drug-likeness (QED) is 0.0671. The molecule has 20 nitrogen and oxygen atoms in total. The number of carbonyl (C=O) groups excluding carboxylic acids is 4. The molecule has 0 aliphatic carbocycles. The summed E-state index contributed by atoms with van der Waals surface area (Å²) in [6.45, 7) is -3.42. The lowest BCUT2D eigenvalue weighted by Crippen LogP contribution is -2.19. The van der Waals surface area contributed by atoms with Crippen LogP contribution in [0, 0.1) is 0 Å². The monoisotopic (exact) mass is 558 g/mol. The third kappa shape index (κ3) is 35.3. The van der Waals surface area contributed by atoms with Gasteiger partial charge in [-0.1, -0.05) is 0 Å². The highest BCUT2D eigenvalue weighted by atomic mass is 16.6. The summed E-state index contributed by atoms with van der Waals surface area (Å²) in [5.41, 5.74) is 0. The van der Waals surface area contributed by atoms with Crippen molar-refractivity contribution in [3.8, 4) is 0 Å². The Kier molecular flexibility index (Phi) is 21.7. The van der Waals surface area contributed by atoms with Crippen LogP contribution in [-0.4, -0.2) is 117 Å². The molecule has 0 aromatic carbocycles. The van der Waals surface area contributed by atoms with Crippen molar-refractivity contribution in [1.82, 2.24) is 0 Å². The lowest BCUT2D eigenvalue weighted by Gasteiger charge is -2.01. The van der Waals surface area contributed by atoms with Gasteiger partial charge in [-0.3, -0.25) is 28.8 Å². The van der Waals surface area contributed by atoms with Gasteiger partial charge in [0.2, 0.25) is 0 Å². The van der Waals surface area contributed by atoms with Crippen molar-refractivity contribution >= 4 is 59.7 Å². The van der Waals surface area contributed by atoms with Crippen molar-refractivity contribution in [2.45, 2.75) is 25.7 Å². The molecule has 0 aromatic rings. The van der Waals surface area contributed by atoms with E-state index in [0.717, 1.165) is 0 Å². The van der Waals surface area contributed by atoms with Gasteiger partial charge in [0.05, 0.1) is 12.8 Å². The zero-order chi connectivity index (χ0) is 30.3. The third-order valence-corrected chi connectivity index (χ3v) is 2.56. The molecule has 0 aliphatic heterocycles. The molecule has 0 saturated carbocycles. The first kappa shape index (κ1) is 37.3. The van der Waals surface area contributed by atoms with Gasteiger partial charge >= 0.3 is 59.7 Å². The topological polar surface area (TPSA) is 329 Å². The van der Waals surface area contributed by atoms with Gasteiger partial charge in [-0.05, 0) is 0 Å². The number of esters is 4. The molecule has 0 saturated heterocycles. The largest absolute Gasteiger partial charge is 0.481 e. The van der Waals surface area contributed by atoms with E-state index in [0.29, 0.717) is 0 Å². The van der Waals surface area contributed by atoms with Crippen molar-refractivity contribution in [3.05, 3.63) is 0 Å². The van der Waals surface area contributed by atoms with Crippen LogP contribution in [0.15, 0.2) is 0 Å². The van der Waals surface area contributed by atoms with E-state index in [4.69, 9.17) is 30.6 Å². The predicted octanol–water partition coefficient (Wildman–Crippen LogP) is -2.80. The van der Waals surface area contributed by atoms with Crippen LogP contribution >= 0.6 is 0 Å². The molecule has 6 N–H and O–H groups in total. The highest BCUT2D eigenvalue weighted by Crippen LogP contribution is 1.92. The summed E-state index contributed by atoms with van der Waals surface area (Å²) in [6.07, 6.45) is -2.23. The van der Waals surface area contributed by atoms with Crippen LogP contribution in [0.3, 0.4) is 0 Å². The Bertz CT molecular complexity index is 758. The van der Waals surface area contributed by atoms with Crippen LogP contribution in [0.4, 0.5) is 0 Å². The first-order valence-corrected chi connectivity index (χ1v) is 9.39. The number of hydrogen-bond acceptors (Lipinski definition) is 14. The molecule has 0 radical (unpaired) electrons. The summed E-state index contributed by atoms with van der Waals surface area (Å²) >= 11 is 0. The highest BCUT2D eigenvalue weighted by molar-refractivity contribution is 5.93. The number of aliphatic carboxylic acids is 6. The van der Waals surface area contributed by atoms with Crippen LogP contribution in [0.1, 0.15) is 25.7 Å². The van der Waals surface area contributed by atoms with Gasteiger partial charge in [0, 0.05) is 0 Å². The minimum absolute atomic E-state index is 0.296. The van der Waals surface area contributed by atoms with Gasteiger partial charge in [-0.25, -0.2) is 19.2 Å². The second-order valence-electron chi connectivity index (χ2n) is 5.86. The van der Waals surface area contributed by atoms with E-state index in [1.807, 2.05) is 0 Å². The molecule has 214 valence electrons. The highest BCUT2D eigenvalue weighted by Gasteiger charge is 2.15. The smallest absolute Gasteiger partial charge is 0.341 e. The number of hydrogen-bond donors (Lipinski definition) is 6. The molecular formula is C18H22O20. The molecule has 0 spiro atoms. The molecule has 0 bridgehead atoms. The second-order valence-corrected chi connectivity index (χ2v) is 5.86. The average molecular weight is 558 g/mol. The Morgan fingerprint density at radius 2 is 0.526 bits per heavy atom. The number of ether oxygens (including phenoxy) is 4. The van der Waals surface area contributed by atoms with Crippen molar-refractivity contribution in [2.24, 2.45) is 0 Å². The lowest BCUT2D eigenvalue weighted by atomic mass is 10.3. The fourth-order valence-electron chi connectivity index (χ4n) is 1.22. The van der Waals surface area contributed by atoms with Gasteiger partial charge in [-0.2, -0.15) is 0 Å². The van der Waals surface area contributed by atoms with Crippen LogP contribution in [0.5, 0.6) is 0 Å². The van der Waals surface area contributed by atoms with E-state index in [1.54, 1.807) is 0 Å². The van der Waals surface area contributed by atoms with Gasteiger partial charge in [0.1, 0.15) is 12.8 Å². The van der Waals surface area contributed by atoms with Gasteiger partial charge < -0.3 is 49.6 Å². The fourth-order valence-corrected chi connectivity index (χ4v) is 1.22. The molecule has 38 heavy (non-hydrogen) atoms. The summed E-state index contributed by atoms with van der Waals surface area (Å²) < 4.78 is 16.4. The van der Waals surface area contributed by atoms with Crippen molar-refractivity contribution < 1.29 is 97.5 Å². The molecule has 0 heterocycles. The number of carboxylic acids is 6. The second kappa shape index (κ2) is 22.2. The Balaban J connectivity index is -0.000000508. The minimum Gasteiger partial charge on any atom is -0.481 e. The zero-order valence-corrected chi connectivity index (χ0v) is 19.1. The molecule has 0 atom stereocenters. The Hall–Kier alpha value is -5.30. The van der Waals surface area contributed by atoms with Gasteiger partial charge in [-0.15, -0.1) is 0 Å². The number of rotatable bonds is 15. The molecule has 0 aromatic heterocycles. The van der Waals surface area contributed by atoms with E-state index in [-0.39, 0.29) is 12.8 Å². The predicted molar refractivity (Wildman–Crippen MR) is 108 cm³/mol. The minimum atomic E-state index is -1.36. The summed E-state index contributed by atoms with van der Waals surface area (Å²) in [5, 5.41) is 48.2. The molecule has 0 fully saturated rings. The van der Waals surface area contributed by atoms with E-state index in [9.17, 15) is 47.9 Å². The first-order chi connectivity index (χ1) is 17.5. The zero-order valence-electron chi connectivity index (χ0n) is 19.1. The van der Waals surface area contributed by atoms with Crippen molar-refractivity contribution in [3.63, 3.8) is 0 Å². The maximum atomic E-state index is 10.7. The summed E-state index contributed by atoms with van der Waals surface area (Å²) in [6, 6.07) is 0. The van der Waals surface area contributed by atoms with Crippen LogP contribution in [0.25, 0.3) is 0 Å². The normalized spacial score (nSPS) is 8.95.